The summed E-state index contributed by atoms with van der Waals surface area (Å²) in [5.74, 6) is -3.61. The van der Waals surface area contributed by atoms with E-state index in [2.05, 4.69) is 15.5 Å². The van der Waals surface area contributed by atoms with Gasteiger partial charge in [-0.05, 0) is 18.1 Å². The van der Waals surface area contributed by atoms with E-state index < -0.39 is 54.5 Å². The summed E-state index contributed by atoms with van der Waals surface area (Å²) in [6.45, 7) is 3.48. The molecule has 1 aliphatic heterocycles. The van der Waals surface area contributed by atoms with E-state index in [9.17, 15) is 23.4 Å². The van der Waals surface area contributed by atoms with Crippen LogP contribution in [-0.4, -0.2) is 68.5 Å². The minimum Gasteiger partial charge on any atom is -0.394 e. The van der Waals surface area contributed by atoms with Crippen molar-refractivity contribution in [1.82, 2.24) is 20.2 Å². The smallest absolute Gasteiger partial charge is 0.194 e. The quantitative estimate of drug-likeness (QED) is 0.494. The summed E-state index contributed by atoms with van der Waals surface area (Å²) >= 11 is 0. The Morgan fingerprint density at radius 3 is 2.44 bits per heavy atom. The number of aliphatic hydroxyl groups is 2. The largest absolute Gasteiger partial charge is 0.394 e. The van der Waals surface area contributed by atoms with E-state index in [0.717, 1.165) is 17.8 Å². The third-order valence-electron chi connectivity index (χ3n) is 5.90. The standard InChI is InChI=1S/C22H25F3N4O5/c1-10(2)15-6-12(34-27-15)7-17-22(32-3)20(21(31)18(9-30)33-17)29-8-16(26-28-29)11-4-13(23)19(25)14(24)5-11/h4-6,8,10,17-18,20-22,30-31H,7,9H2,1-3H3/t17-,18-,20+,21+,22+/m1/s1. The number of nitrogens with zero attached hydrogens (tertiary/aromatic N) is 4. The summed E-state index contributed by atoms with van der Waals surface area (Å²) in [4.78, 5) is 0. The van der Waals surface area contributed by atoms with Crippen molar-refractivity contribution in [1.29, 1.82) is 0 Å². The molecule has 5 atom stereocenters. The number of aromatic nitrogens is 4. The van der Waals surface area contributed by atoms with E-state index in [1.54, 1.807) is 6.07 Å². The first kappa shape index (κ1) is 24.3. The van der Waals surface area contributed by atoms with Crippen LogP contribution in [0.4, 0.5) is 13.2 Å². The summed E-state index contributed by atoms with van der Waals surface area (Å²) in [6, 6.07) is 2.54. The van der Waals surface area contributed by atoms with Gasteiger partial charge in [0.05, 0.1) is 24.6 Å². The lowest BCUT2D eigenvalue weighted by molar-refractivity contribution is -0.212. The Hall–Kier alpha value is -2.80. The molecule has 9 nitrogen and oxygen atoms in total. The molecule has 12 heteroatoms. The van der Waals surface area contributed by atoms with Crippen molar-refractivity contribution in [3.05, 3.63) is 53.3 Å². The molecule has 0 spiro atoms. The average molecular weight is 482 g/mol. The van der Waals surface area contributed by atoms with Crippen LogP contribution >= 0.6 is 0 Å². The minimum atomic E-state index is -1.59. The molecule has 1 saturated heterocycles. The van der Waals surface area contributed by atoms with Crippen LogP contribution in [0.3, 0.4) is 0 Å². The van der Waals surface area contributed by atoms with Crippen LogP contribution in [0.1, 0.15) is 37.3 Å². The summed E-state index contributed by atoms with van der Waals surface area (Å²) in [5, 5.41) is 32.6. The first-order valence-electron chi connectivity index (χ1n) is 10.7. The topological polar surface area (TPSA) is 116 Å². The van der Waals surface area contributed by atoms with E-state index in [1.165, 1.54) is 18.0 Å². The van der Waals surface area contributed by atoms with E-state index in [0.29, 0.717) is 5.76 Å². The van der Waals surface area contributed by atoms with Crippen LogP contribution in [0.15, 0.2) is 28.9 Å². The molecule has 0 aliphatic carbocycles. The Kier molecular flexibility index (Phi) is 7.03. The zero-order valence-electron chi connectivity index (χ0n) is 18.7. The second-order valence-electron chi connectivity index (χ2n) is 8.49. The highest BCUT2D eigenvalue weighted by atomic mass is 19.2. The van der Waals surface area contributed by atoms with Gasteiger partial charge in [-0.15, -0.1) is 5.10 Å². The molecule has 1 aliphatic rings. The van der Waals surface area contributed by atoms with Gasteiger partial charge in [0.25, 0.3) is 0 Å². The molecule has 3 aromatic rings. The molecule has 1 aromatic carbocycles. The van der Waals surface area contributed by atoms with Gasteiger partial charge in [0, 0.05) is 25.2 Å². The van der Waals surface area contributed by atoms with Crippen molar-refractivity contribution >= 4 is 0 Å². The molecule has 2 N–H and O–H groups in total. The lowest BCUT2D eigenvalue weighted by Crippen LogP contribution is -2.57. The van der Waals surface area contributed by atoms with Gasteiger partial charge in [-0.1, -0.05) is 24.2 Å². The molecule has 34 heavy (non-hydrogen) atoms. The van der Waals surface area contributed by atoms with Gasteiger partial charge in [-0.2, -0.15) is 0 Å². The zero-order chi connectivity index (χ0) is 24.6. The van der Waals surface area contributed by atoms with Crippen molar-refractivity contribution in [3.63, 3.8) is 0 Å². The number of methoxy groups -OCH3 is 1. The molecule has 4 rings (SSSR count). The normalized spacial score (nSPS) is 25.3. The summed E-state index contributed by atoms with van der Waals surface area (Å²) in [7, 11) is 1.43. The monoisotopic (exact) mass is 482 g/mol. The van der Waals surface area contributed by atoms with E-state index in [-0.39, 0.29) is 23.6 Å². The predicted molar refractivity (Wildman–Crippen MR) is 111 cm³/mol. The van der Waals surface area contributed by atoms with Crippen molar-refractivity contribution in [2.45, 2.75) is 56.6 Å². The first-order chi connectivity index (χ1) is 16.2. The Bertz CT molecular complexity index is 1110. The Labute approximate surface area is 193 Å². The van der Waals surface area contributed by atoms with Gasteiger partial charge in [-0.3, -0.25) is 0 Å². The van der Waals surface area contributed by atoms with Gasteiger partial charge in [0.15, 0.2) is 17.5 Å². The van der Waals surface area contributed by atoms with E-state index >= 15 is 0 Å². The highest BCUT2D eigenvalue weighted by Gasteiger charge is 2.47. The molecule has 0 bridgehead atoms. The highest BCUT2D eigenvalue weighted by molar-refractivity contribution is 5.57. The molecule has 2 aromatic heterocycles. The van der Waals surface area contributed by atoms with Crippen LogP contribution in [0.25, 0.3) is 11.3 Å². The summed E-state index contributed by atoms with van der Waals surface area (Å²) in [6.07, 6.45) is -2.04. The molecule has 0 radical (unpaired) electrons. The van der Waals surface area contributed by atoms with Crippen LogP contribution in [0, 0.1) is 17.5 Å². The number of rotatable bonds is 7. The van der Waals surface area contributed by atoms with Gasteiger partial charge in [-0.25, -0.2) is 17.9 Å². The second kappa shape index (κ2) is 9.82. The number of hydrogen-bond donors (Lipinski definition) is 2. The lowest BCUT2D eigenvalue weighted by Gasteiger charge is -2.43. The number of halogens is 3. The van der Waals surface area contributed by atoms with Crippen molar-refractivity contribution < 1.29 is 37.4 Å². The van der Waals surface area contributed by atoms with E-state index in [1.807, 2.05) is 13.8 Å². The van der Waals surface area contributed by atoms with Crippen molar-refractivity contribution in [2.24, 2.45) is 0 Å². The first-order valence-corrected chi connectivity index (χ1v) is 10.7. The molecular weight excluding hydrogens is 457 g/mol. The third kappa shape index (κ3) is 4.58. The number of hydrogen-bond acceptors (Lipinski definition) is 8. The molecular formula is C22H25F3N4O5. The van der Waals surface area contributed by atoms with Gasteiger partial charge in [0.2, 0.25) is 0 Å². The third-order valence-corrected chi connectivity index (χ3v) is 5.90. The Morgan fingerprint density at radius 2 is 1.85 bits per heavy atom. The van der Waals surface area contributed by atoms with Crippen molar-refractivity contribution in [2.75, 3.05) is 13.7 Å². The molecule has 3 heterocycles. The minimum absolute atomic E-state index is 0.0312. The summed E-state index contributed by atoms with van der Waals surface area (Å²) < 4.78 is 58.9. The second-order valence-corrected chi connectivity index (χ2v) is 8.49. The van der Waals surface area contributed by atoms with Gasteiger partial charge in [0.1, 0.15) is 35.8 Å². The molecule has 1 fully saturated rings. The number of benzene rings is 1. The Balaban J connectivity index is 1.65. The lowest BCUT2D eigenvalue weighted by atomic mass is 9.90. The Morgan fingerprint density at radius 1 is 1.15 bits per heavy atom. The fraction of sp³-hybridized carbons (Fsp3) is 0.500. The maximum absolute atomic E-state index is 13.7. The van der Waals surface area contributed by atoms with Crippen LogP contribution < -0.4 is 0 Å². The van der Waals surface area contributed by atoms with Crippen molar-refractivity contribution in [3.8, 4) is 11.3 Å². The molecule has 0 amide bonds. The number of ether oxygens (including phenoxy) is 2. The van der Waals surface area contributed by atoms with Gasteiger partial charge < -0.3 is 24.2 Å². The molecule has 0 unspecified atom stereocenters. The molecule has 0 saturated carbocycles. The van der Waals surface area contributed by atoms with Gasteiger partial charge >= 0.3 is 0 Å². The highest BCUT2D eigenvalue weighted by Crippen LogP contribution is 2.34. The molecule has 184 valence electrons. The van der Waals surface area contributed by atoms with E-state index in [4.69, 9.17) is 14.0 Å². The number of aliphatic hydroxyl groups excluding tert-OH is 2. The average Bonchev–Trinajstić information content (AvgIpc) is 3.48. The van der Waals surface area contributed by atoms with Crippen LogP contribution in [-0.2, 0) is 15.9 Å². The fourth-order valence-corrected chi connectivity index (χ4v) is 4.08. The zero-order valence-corrected chi connectivity index (χ0v) is 18.7. The van der Waals surface area contributed by atoms with Crippen LogP contribution in [0.5, 0.6) is 0 Å². The summed E-state index contributed by atoms with van der Waals surface area (Å²) in [5.41, 5.74) is 0.798. The SMILES string of the molecule is CO[C@@H]1[C@@H](n2cc(-c3cc(F)c(F)c(F)c3)nn2)[C@@H](O)[C@@H](CO)O[C@@H]1Cc1cc(C(C)C)no1. The predicted octanol–water partition coefficient (Wildman–Crippen LogP) is 2.39. The fourth-order valence-electron chi connectivity index (χ4n) is 4.08. The maximum atomic E-state index is 13.7. The maximum Gasteiger partial charge on any atom is 0.194 e. The van der Waals surface area contributed by atoms with Crippen LogP contribution in [0.2, 0.25) is 0 Å².